The number of aliphatic hydroxyl groups excluding tert-OH is 2. The molecule has 0 atom stereocenters. The van der Waals surface area contributed by atoms with Gasteiger partial charge >= 0.3 is 5.97 Å². The summed E-state index contributed by atoms with van der Waals surface area (Å²) >= 11 is 0. The SMILES string of the molecule is C=C(C)C(=O)OCCCc1cc(-c2ccc(-c3ccc(-c4ccc(CCCCC)cc4)cc3F)cc2CC)ccc1OCCC(C)(CO)CO. The van der Waals surface area contributed by atoms with Gasteiger partial charge in [0.2, 0.25) is 0 Å². The van der Waals surface area contributed by atoms with Crippen LogP contribution in [0.3, 0.4) is 0 Å². The standard InChI is InChI=1S/C44H53FO5/c1-6-8-9-11-32-13-15-34(16-14-32)35-17-21-40(41(45)28-35)37-18-20-39(33(7-2)26-37)36-19-22-42(49-25-23-44(5,29-46)30-47)38(27-36)12-10-24-50-43(48)31(3)4/h13-22,26-28,46-47H,3,6-12,23-25,29-30H2,1-2,4-5H3. The third kappa shape index (κ3) is 10.4. The third-order valence-electron chi connectivity index (χ3n) is 9.39. The predicted octanol–water partition coefficient (Wildman–Crippen LogP) is 9.93. The maximum atomic E-state index is 15.6. The topological polar surface area (TPSA) is 76.0 Å². The Morgan fingerprint density at radius 1 is 0.760 bits per heavy atom. The zero-order valence-corrected chi connectivity index (χ0v) is 30.2. The molecule has 0 aliphatic carbocycles. The number of carbonyl (C=O) groups excluding carboxylic acids is 1. The van der Waals surface area contributed by atoms with E-state index in [9.17, 15) is 15.0 Å². The largest absolute Gasteiger partial charge is 0.493 e. The molecule has 0 bridgehead atoms. The molecule has 0 fully saturated rings. The zero-order valence-electron chi connectivity index (χ0n) is 30.2. The molecule has 0 aliphatic heterocycles. The van der Waals surface area contributed by atoms with Crippen LogP contribution < -0.4 is 4.74 Å². The number of hydrogen-bond acceptors (Lipinski definition) is 5. The van der Waals surface area contributed by atoms with Crippen molar-refractivity contribution in [2.24, 2.45) is 5.41 Å². The lowest BCUT2D eigenvalue weighted by atomic mass is 9.89. The highest BCUT2D eigenvalue weighted by molar-refractivity contribution is 5.86. The molecule has 0 radical (unpaired) electrons. The molecule has 0 amide bonds. The molecule has 0 saturated carbocycles. The molecule has 0 spiro atoms. The van der Waals surface area contributed by atoms with Crippen LogP contribution in [-0.4, -0.2) is 42.6 Å². The van der Waals surface area contributed by atoms with Crippen LogP contribution in [-0.2, 0) is 28.8 Å². The van der Waals surface area contributed by atoms with Gasteiger partial charge in [-0.3, -0.25) is 0 Å². The van der Waals surface area contributed by atoms with Crippen molar-refractivity contribution in [3.8, 4) is 39.1 Å². The van der Waals surface area contributed by atoms with Crippen LogP contribution >= 0.6 is 0 Å². The fourth-order valence-electron chi connectivity index (χ4n) is 5.96. The summed E-state index contributed by atoms with van der Waals surface area (Å²) in [6, 6.07) is 26.1. The predicted molar refractivity (Wildman–Crippen MR) is 202 cm³/mol. The molecule has 0 saturated heterocycles. The summed E-state index contributed by atoms with van der Waals surface area (Å²) in [5.74, 6) is 0.0493. The number of halogens is 1. The van der Waals surface area contributed by atoms with Gasteiger partial charge in [-0.25, -0.2) is 9.18 Å². The first-order chi connectivity index (χ1) is 24.1. The highest BCUT2D eigenvalue weighted by Gasteiger charge is 2.22. The van der Waals surface area contributed by atoms with Crippen molar-refractivity contribution in [1.82, 2.24) is 0 Å². The van der Waals surface area contributed by atoms with Gasteiger partial charge in [0.15, 0.2) is 0 Å². The molecule has 50 heavy (non-hydrogen) atoms. The Balaban J connectivity index is 1.56. The molecule has 266 valence electrons. The van der Waals surface area contributed by atoms with E-state index in [0.29, 0.717) is 42.8 Å². The lowest BCUT2D eigenvalue weighted by molar-refractivity contribution is -0.139. The van der Waals surface area contributed by atoms with Crippen molar-refractivity contribution in [3.63, 3.8) is 0 Å². The lowest BCUT2D eigenvalue weighted by Crippen LogP contribution is -2.28. The minimum absolute atomic E-state index is 0.135. The maximum Gasteiger partial charge on any atom is 0.333 e. The van der Waals surface area contributed by atoms with Crippen molar-refractivity contribution in [3.05, 3.63) is 114 Å². The molecule has 4 rings (SSSR count). The van der Waals surface area contributed by atoms with Gasteiger partial charge in [0.25, 0.3) is 0 Å². The molecule has 2 N–H and O–H groups in total. The van der Waals surface area contributed by atoms with E-state index in [1.54, 1.807) is 13.0 Å². The van der Waals surface area contributed by atoms with E-state index < -0.39 is 11.4 Å². The molecular weight excluding hydrogens is 627 g/mol. The van der Waals surface area contributed by atoms with Crippen LogP contribution in [0.4, 0.5) is 4.39 Å². The quantitative estimate of drug-likeness (QED) is 0.0586. The monoisotopic (exact) mass is 680 g/mol. The third-order valence-corrected chi connectivity index (χ3v) is 9.39. The number of unbranched alkanes of at least 4 members (excludes halogenated alkanes) is 2. The average Bonchev–Trinajstić information content (AvgIpc) is 3.13. The Bertz CT molecular complexity index is 1720. The highest BCUT2D eigenvalue weighted by Crippen LogP contribution is 2.35. The summed E-state index contributed by atoms with van der Waals surface area (Å²) in [4.78, 5) is 11.9. The Morgan fingerprint density at radius 3 is 2.06 bits per heavy atom. The first kappa shape index (κ1) is 38.5. The van der Waals surface area contributed by atoms with E-state index in [4.69, 9.17) is 9.47 Å². The van der Waals surface area contributed by atoms with Crippen LogP contribution in [0.5, 0.6) is 5.75 Å². The second kappa shape index (κ2) is 18.7. The zero-order chi connectivity index (χ0) is 36.1. The number of carbonyl (C=O) groups is 1. The van der Waals surface area contributed by atoms with E-state index in [1.165, 1.54) is 24.8 Å². The summed E-state index contributed by atoms with van der Waals surface area (Å²) in [5, 5.41) is 19.4. The molecule has 6 heteroatoms. The molecule has 0 aromatic heterocycles. The summed E-state index contributed by atoms with van der Waals surface area (Å²) in [6.45, 7) is 11.7. The van der Waals surface area contributed by atoms with Gasteiger partial charge in [0.1, 0.15) is 11.6 Å². The Kier molecular flexibility index (Phi) is 14.4. The van der Waals surface area contributed by atoms with Crippen LogP contribution in [0.2, 0.25) is 0 Å². The number of esters is 1. The van der Waals surface area contributed by atoms with Crippen molar-refractivity contribution >= 4 is 5.97 Å². The van der Waals surface area contributed by atoms with Crippen LogP contribution in [0.15, 0.2) is 91.0 Å². The van der Waals surface area contributed by atoms with Crippen LogP contribution in [0.25, 0.3) is 33.4 Å². The smallest absolute Gasteiger partial charge is 0.333 e. The van der Waals surface area contributed by atoms with Crippen molar-refractivity contribution in [2.75, 3.05) is 26.4 Å². The number of ether oxygens (including phenoxy) is 2. The fraction of sp³-hybridized carbons (Fsp3) is 0.386. The first-order valence-corrected chi connectivity index (χ1v) is 17.9. The van der Waals surface area contributed by atoms with E-state index in [-0.39, 0.29) is 25.6 Å². The Labute approximate surface area is 297 Å². The normalized spacial score (nSPS) is 11.4. The molecule has 0 unspecified atom stereocenters. The van der Waals surface area contributed by atoms with E-state index >= 15 is 4.39 Å². The van der Waals surface area contributed by atoms with E-state index in [0.717, 1.165) is 51.8 Å². The maximum absolute atomic E-state index is 15.6. The Morgan fingerprint density at radius 2 is 1.40 bits per heavy atom. The van der Waals surface area contributed by atoms with Crippen LogP contribution in [0.1, 0.15) is 76.5 Å². The second-order valence-corrected chi connectivity index (χ2v) is 13.6. The van der Waals surface area contributed by atoms with Gasteiger partial charge in [-0.15, -0.1) is 0 Å². The van der Waals surface area contributed by atoms with Crippen LogP contribution in [0, 0.1) is 11.2 Å². The minimum Gasteiger partial charge on any atom is -0.493 e. The molecule has 0 aliphatic rings. The van der Waals surface area contributed by atoms with Crippen molar-refractivity contribution in [1.29, 1.82) is 0 Å². The second-order valence-electron chi connectivity index (χ2n) is 13.6. The summed E-state index contributed by atoms with van der Waals surface area (Å²) in [6.07, 6.45) is 7.15. The number of aliphatic hydroxyl groups is 2. The fourth-order valence-corrected chi connectivity index (χ4v) is 5.96. The lowest BCUT2D eigenvalue weighted by Gasteiger charge is -2.24. The van der Waals surface area contributed by atoms with Gasteiger partial charge < -0.3 is 19.7 Å². The molecule has 5 nitrogen and oxygen atoms in total. The summed E-state index contributed by atoms with van der Waals surface area (Å²) in [5.41, 5.74) is 8.44. The number of benzene rings is 4. The van der Waals surface area contributed by atoms with Crippen molar-refractivity contribution < 1.29 is 28.9 Å². The van der Waals surface area contributed by atoms with Crippen molar-refractivity contribution in [2.45, 2.75) is 79.1 Å². The average molecular weight is 681 g/mol. The number of rotatable bonds is 19. The highest BCUT2D eigenvalue weighted by atomic mass is 19.1. The van der Waals surface area contributed by atoms with E-state index in [1.807, 2.05) is 37.3 Å². The van der Waals surface area contributed by atoms with Gasteiger partial charge in [-0.2, -0.15) is 0 Å². The molecule has 4 aromatic carbocycles. The molecular formula is C44H53FO5. The Hall–Kier alpha value is -4.26. The molecule has 4 aromatic rings. The summed E-state index contributed by atoms with van der Waals surface area (Å²) in [7, 11) is 0. The van der Waals surface area contributed by atoms with E-state index in [2.05, 4.69) is 62.9 Å². The van der Waals surface area contributed by atoms with Gasteiger partial charge in [0.05, 0.1) is 26.4 Å². The first-order valence-electron chi connectivity index (χ1n) is 17.9. The summed E-state index contributed by atoms with van der Waals surface area (Å²) < 4.78 is 27.1. The number of aryl methyl sites for hydroxylation is 3. The minimum atomic E-state index is -0.631. The van der Waals surface area contributed by atoms with Gasteiger partial charge in [-0.1, -0.05) is 101 Å². The number of hydrogen-bond donors (Lipinski definition) is 2. The molecule has 0 heterocycles. The van der Waals surface area contributed by atoms with Gasteiger partial charge in [-0.05, 0) is 108 Å². The van der Waals surface area contributed by atoms with Gasteiger partial charge in [0, 0.05) is 16.6 Å².